The van der Waals surface area contributed by atoms with Crippen LogP contribution in [0, 0.1) is 5.92 Å². The predicted molar refractivity (Wildman–Crippen MR) is 95.4 cm³/mol. The molecule has 0 amide bonds. The average Bonchev–Trinajstić information content (AvgIpc) is 2.45. The highest BCUT2D eigenvalue weighted by atomic mass is 35.5. The van der Waals surface area contributed by atoms with Crippen LogP contribution in [-0.4, -0.2) is 19.1 Å². The molecule has 3 heteroatoms. The van der Waals surface area contributed by atoms with Crippen molar-refractivity contribution >= 4 is 17.3 Å². The van der Waals surface area contributed by atoms with E-state index in [4.69, 9.17) is 11.6 Å². The topological polar surface area (TPSA) is 15.3 Å². The summed E-state index contributed by atoms with van der Waals surface area (Å²) >= 11 is 6.47. The number of rotatable bonds is 9. The summed E-state index contributed by atoms with van der Waals surface area (Å²) in [6, 6.07) is 6.87. The number of hydrogen-bond acceptors (Lipinski definition) is 2. The first-order chi connectivity index (χ1) is 10.0. The molecule has 0 bridgehead atoms. The van der Waals surface area contributed by atoms with E-state index in [0.29, 0.717) is 12.0 Å². The maximum Gasteiger partial charge on any atom is 0.0471 e. The third-order valence-corrected chi connectivity index (χ3v) is 4.25. The lowest BCUT2D eigenvalue weighted by Crippen LogP contribution is -2.38. The second-order valence-electron chi connectivity index (χ2n) is 6.03. The molecule has 120 valence electrons. The van der Waals surface area contributed by atoms with Gasteiger partial charge in [0.2, 0.25) is 0 Å². The average molecular weight is 311 g/mol. The molecule has 0 aliphatic heterocycles. The smallest absolute Gasteiger partial charge is 0.0471 e. The van der Waals surface area contributed by atoms with E-state index in [2.05, 4.69) is 57.0 Å². The van der Waals surface area contributed by atoms with Gasteiger partial charge in [-0.3, -0.25) is 0 Å². The fourth-order valence-electron chi connectivity index (χ4n) is 2.81. The minimum absolute atomic E-state index is 0.575. The maximum absolute atomic E-state index is 6.47. The Morgan fingerprint density at radius 1 is 1.14 bits per heavy atom. The fourth-order valence-corrected chi connectivity index (χ4v) is 3.04. The van der Waals surface area contributed by atoms with Crippen LogP contribution in [0.3, 0.4) is 0 Å². The van der Waals surface area contributed by atoms with E-state index in [1.165, 1.54) is 11.3 Å². The summed E-state index contributed by atoms with van der Waals surface area (Å²) < 4.78 is 0. The molecule has 0 aromatic heterocycles. The monoisotopic (exact) mass is 310 g/mol. The number of halogens is 1. The second-order valence-corrected chi connectivity index (χ2v) is 6.44. The number of nitrogens with one attached hydrogen (secondary N) is 1. The molecular formula is C18H31ClN2. The standard InChI is InChI=1S/C18H31ClN2/c1-6-15(7-2)21(13-14(4)5)18-11-9-10-17(19)16(18)12-20-8-3/h9-11,14-15,20H,6-8,12-13H2,1-5H3. The van der Waals surface area contributed by atoms with Gasteiger partial charge in [0.05, 0.1) is 0 Å². The van der Waals surface area contributed by atoms with Crippen LogP contribution in [0.25, 0.3) is 0 Å². The van der Waals surface area contributed by atoms with E-state index < -0.39 is 0 Å². The van der Waals surface area contributed by atoms with Gasteiger partial charge in [-0.15, -0.1) is 0 Å². The van der Waals surface area contributed by atoms with Gasteiger partial charge in [0.25, 0.3) is 0 Å². The molecule has 1 aromatic carbocycles. The van der Waals surface area contributed by atoms with Crippen LogP contribution in [0.15, 0.2) is 18.2 Å². The highest BCUT2D eigenvalue weighted by molar-refractivity contribution is 6.31. The minimum atomic E-state index is 0.575. The van der Waals surface area contributed by atoms with Crippen LogP contribution in [0.2, 0.25) is 5.02 Å². The van der Waals surface area contributed by atoms with Crippen molar-refractivity contribution < 1.29 is 0 Å². The Balaban J connectivity index is 3.19. The Bertz CT molecular complexity index is 414. The molecule has 0 aliphatic carbocycles. The first-order valence-electron chi connectivity index (χ1n) is 8.29. The highest BCUT2D eigenvalue weighted by Crippen LogP contribution is 2.31. The largest absolute Gasteiger partial charge is 0.368 e. The van der Waals surface area contributed by atoms with Crippen LogP contribution in [0.5, 0.6) is 0 Å². The molecular weight excluding hydrogens is 280 g/mol. The normalized spacial score (nSPS) is 11.4. The van der Waals surface area contributed by atoms with Crippen molar-refractivity contribution in [1.29, 1.82) is 0 Å². The van der Waals surface area contributed by atoms with Crippen LogP contribution in [0.1, 0.15) is 53.0 Å². The van der Waals surface area contributed by atoms with Gasteiger partial charge in [-0.05, 0) is 37.4 Å². The lowest BCUT2D eigenvalue weighted by Gasteiger charge is -2.36. The molecule has 0 unspecified atom stereocenters. The summed E-state index contributed by atoms with van der Waals surface area (Å²) in [7, 11) is 0. The zero-order valence-electron chi connectivity index (χ0n) is 14.2. The summed E-state index contributed by atoms with van der Waals surface area (Å²) in [6.07, 6.45) is 2.33. The SMILES string of the molecule is CCNCc1c(Cl)cccc1N(CC(C)C)C(CC)CC. The van der Waals surface area contributed by atoms with E-state index in [9.17, 15) is 0 Å². The van der Waals surface area contributed by atoms with Crippen LogP contribution in [-0.2, 0) is 6.54 Å². The molecule has 2 nitrogen and oxygen atoms in total. The summed E-state index contributed by atoms with van der Waals surface area (Å²) in [5.41, 5.74) is 2.53. The van der Waals surface area contributed by atoms with Gasteiger partial charge in [-0.2, -0.15) is 0 Å². The number of anilines is 1. The summed E-state index contributed by atoms with van der Waals surface area (Å²) in [4.78, 5) is 2.56. The lowest BCUT2D eigenvalue weighted by atomic mass is 10.0. The van der Waals surface area contributed by atoms with E-state index >= 15 is 0 Å². The van der Waals surface area contributed by atoms with E-state index in [-0.39, 0.29) is 0 Å². The molecule has 0 saturated heterocycles. The van der Waals surface area contributed by atoms with Crippen molar-refractivity contribution in [2.24, 2.45) is 5.92 Å². The Morgan fingerprint density at radius 3 is 2.33 bits per heavy atom. The van der Waals surface area contributed by atoms with Crippen LogP contribution < -0.4 is 10.2 Å². The first kappa shape index (κ1) is 18.3. The van der Waals surface area contributed by atoms with Crippen molar-refractivity contribution in [3.63, 3.8) is 0 Å². The molecule has 0 radical (unpaired) electrons. The van der Waals surface area contributed by atoms with Crippen molar-refractivity contribution in [2.75, 3.05) is 18.0 Å². The molecule has 1 aromatic rings. The molecule has 0 spiro atoms. The molecule has 0 atom stereocenters. The predicted octanol–water partition coefficient (Wildman–Crippen LogP) is 5.10. The third kappa shape index (κ3) is 5.19. The van der Waals surface area contributed by atoms with Crippen molar-refractivity contribution in [2.45, 2.75) is 60.0 Å². The number of nitrogens with zero attached hydrogens (tertiary/aromatic N) is 1. The van der Waals surface area contributed by atoms with Gasteiger partial charge in [0, 0.05) is 35.4 Å². The summed E-state index contributed by atoms with van der Waals surface area (Å²) in [5, 5.41) is 4.29. The number of hydrogen-bond donors (Lipinski definition) is 1. The lowest BCUT2D eigenvalue weighted by molar-refractivity contribution is 0.505. The summed E-state index contributed by atoms with van der Waals surface area (Å²) in [5.74, 6) is 0.636. The van der Waals surface area contributed by atoms with Gasteiger partial charge in [-0.25, -0.2) is 0 Å². The van der Waals surface area contributed by atoms with E-state index in [1.54, 1.807) is 0 Å². The quantitative estimate of drug-likeness (QED) is 0.682. The van der Waals surface area contributed by atoms with Crippen molar-refractivity contribution in [3.05, 3.63) is 28.8 Å². The third-order valence-electron chi connectivity index (χ3n) is 3.90. The number of benzene rings is 1. The van der Waals surface area contributed by atoms with Gasteiger partial charge < -0.3 is 10.2 Å². The molecule has 0 saturated carbocycles. The van der Waals surface area contributed by atoms with Gasteiger partial charge in [-0.1, -0.05) is 52.3 Å². The first-order valence-corrected chi connectivity index (χ1v) is 8.67. The van der Waals surface area contributed by atoms with Gasteiger partial charge >= 0.3 is 0 Å². The molecule has 1 N–H and O–H groups in total. The Hall–Kier alpha value is -0.730. The minimum Gasteiger partial charge on any atom is -0.368 e. The van der Waals surface area contributed by atoms with E-state index in [1.807, 2.05) is 6.07 Å². The molecule has 21 heavy (non-hydrogen) atoms. The van der Waals surface area contributed by atoms with E-state index in [0.717, 1.165) is 37.5 Å². The highest BCUT2D eigenvalue weighted by Gasteiger charge is 2.20. The Labute approximate surface area is 135 Å². The molecule has 0 heterocycles. The zero-order chi connectivity index (χ0) is 15.8. The molecule has 0 aliphatic rings. The Morgan fingerprint density at radius 2 is 1.81 bits per heavy atom. The van der Waals surface area contributed by atoms with Crippen LogP contribution >= 0.6 is 11.6 Å². The molecule has 1 rings (SSSR count). The summed E-state index contributed by atoms with van der Waals surface area (Å²) in [6.45, 7) is 14.1. The Kier molecular flexibility index (Phi) is 8.13. The van der Waals surface area contributed by atoms with Crippen molar-refractivity contribution in [1.82, 2.24) is 5.32 Å². The van der Waals surface area contributed by atoms with Crippen molar-refractivity contribution in [3.8, 4) is 0 Å². The maximum atomic E-state index is 6.47. The molecule has 0 fully saturated rings. The fraction of sp³-hybridized carbons (Fsp3) is 0.667. The second kappa shape index (κ2) is 9.32. The zero-order valence-corrected chi connectivity index (χ0v) is 15.0. The van der Waals surface area contributed by atoms with Gasteiger partial charge in [0.15, 0.2) is 0 Å². The van der Waals surface area contributed by atoms with Gasteiger partial charge in [0.1, 0.15) is 0 Å². The van der Waals surface area contributed by atoms with Crippen LogP contribution in [0.4, 0.5) is 5.69 Å².